The molecule has 1 heterocycles. The summed E-state index contributed by atoms with van der Waals surface area (Å²) in [4.78, 5) is 3.24. The van der Waals surface area contributed by atoms with E-state index in [-0.39, 0.29) is 0 Å². The highest BCUT2D eigenvalue weighted by atomic mass is 35.5. The number of aromatic nitrogens is 1. The Hall–Kier alpha value is -1.18. The topological polar surface area (TPSA) is 22.1 Å². The predicted octanol–water partition coefficient (Wildman–Crippen LogP) is 4.08. The molecule has 18 heavy (non-hydrogen) atoms. The van der Waals surface area contributed by atoms with E-state index in [1.807, 2.05) is 0 Å². The van der Waals surface area contributed by atoms with Crippen LogP contribution in [0.5, 0.6) is 5.88 Å². The molecule has 1 aromatic heterocycles. The first-order valence-corrected chi connectivity index (χ1v) is 4.86. The van der Waals surface area contributed by atoms with Gasteiger partial charge in [-0.25, -0.2) is 4.98 Å². The predicted molar refractivity (Wildman–Crippen MR) is 50.4 cm³/mol. The van der Waals surface area contributed by atoms with Crippen LogP contribution in [-0.4, -0.2) is 17.3 Å². The molecule has 0 spiro atoms. The summed E-state index contributed by atoms with van der Waals surface area (Å²) < 4.78 is 77.8. The van der Waals surface area contributed by atoms with Gasteiger partial charge < -0.3 is 4.74 Å². The molecule has 0 amide bonds. The molecule has 1 rings (SSSR count). The summed E-state index contributed by atoms with van der Waals surface area (Å²) in [5, 5.41) is -0.603. The number of pyridine rings is 1. The Morgan fingerprint density at radius 2 is 1.72 bits per heavy atom. The summed E-state index contributed by atoms with van der Waals surface area (Å²) in [6.07, 6.45) is -11.7. The van der Waals surface area contributed by atoms with Crippen molar-refractivity contribution in [3.05, 3.63) is 22.8 Å². The van der Waals surface area contributed by atoms with Crippen LogP contribution in [0.1, 0.15) is 12.5 Å². The molecule has 0 N–H and O–H groups in total. The smallest absolute Gasteiger partial charge is 0.425 e. The first-order valence-electron chi connectivity index (χ1n) is 4.48. The first-order chi connectivity index (χ1) is 8.00. The van der Waals surface area contributed by atoms with Crippen molar-refractivity contribution in [2.24, 2.45) is 0 Å². The van der Waals surface area contributed by atoms with E-state index < -0.39 is 35.1 Å². The van der Waals surface area contributed by atoms with Gasteiger partial charge in [0.25, 0.3) is 0 Å². The molecule has 0 aliphatic heterocycles. The molecule has 9 heteroatoms. The highest BCUT2D eigenvalue weighted by Gasteiger charge is 2.39. The summed E-state index contributed by atoms with van der Waals surface area (Å²) >= 11 is 5.28. The monoisotopic (exact) mass is 293 g/mol. The molecule has 0 saturated carbocycles. The van der Waals surface area contributed by atoms with Crippen molar-refractivity contribution in [2.75, 3.05) is 0 Å². The average Bonchev–Trinajstić information content (AvgIpc) is 2.13. The zero-order valence-electron chi connectivity index (χ0n) is 8.73. The Bertz CT molecular complexity index is 430. The maximum absolute atomic E-state index is 12.4. The maximum atomic E-state index is 12.4. The third-order valence-corrected chi connectivity index (χ3v) is 2.05. The van der Waals surface area contributed by atoms with Crippen molar-refractivity contribution in [1.29, 1.82) is 0 Å². The molecule has 1 unspecified atom stereocenters. The van der Waals surface area contributed by atoms with Gasteiger partial charge >= 0.3 is 12.4 Å². The minimum absolute atomic E-state index is 0.355. The summed E-state index contributed by atoms with van der Waals surface area (Å²) in [7, 11) is 0. The fourth-order valence-corrected chi connectivity index (χ4v) is 1.15. The van der Waals surface area contributed by atoms with Crippen LogP contribution >= 0.6 is 11.6 Å². The van der Waals surface area contributed by atoms with Crippen molar-refractivity contribution in [3.8, 4) is 5.88 Å². The van der Waals surface area contributed by atoms with Crippen LogP contribution in [0.3, 0.4) is 0 Å². The Morgan fingerprint density at radius 3 is 2.17 bits per heavy atom. The van der Waals surface area contributed by atoms with Crippen LogP contribution in [0.15, 0.2) is 12.1 Å². The molecule has 0 aliphatic rings. The van der Waals surface area contributed by atoms with E-state index in [9.17, 15) is 26.3 Å². The molecule has 0 saturated heterocycles. The molecular formula is C9H6ClF6NO. The average molecular weight is 294 g/mol. The first kappa shape index (κ1) is 14.9. The van der Waals surface area contributed by atoms with Crippen molar-refractivity contribution < 1.29 is 31.1 Å². The Balaban J connectivity index is 3.01. The van der Waals surface area contributed by atoms with Crippen molar-refractivity contribution in [3.63, 3.8) is 0 Å². The maximum Gasteiger partial charge on any atom is 0.425 e. The lowest BCUT2D eigenvalue weighted by Gasteiger charge is -2.17. The Kier molecular flexibility index (Phi) is 3.99. The van der Waals surface area contributed by atoms with Crippen LogP contribution in [0.2, 0.25) is 5.15 Å². The largest absolute Gasteiger partial charge is 0.465 e. The van der Waals surface area contributed by atoms with Crippen LogP contribution in [0.4, 0.5) is 26.3 Å². The minimum atomic E-state index is -4.74. The van der Waals surface area contributed by atoms with Gasteiger partial charge in [-0.2, -0.15) is 26.3 Å². The summed E-state index contributed by atoms with van der Waals surface area (Å²) in [5.74, 6) is -0.834. The van der Waals surface area contributed by atoms with E-state index in [0.717, 1.165) is 0 Å². The zero-order chi connectivity index (χ0) is 14.1. The van der Waals surface area contributed by atoms with Crippen LogP contribution in [-0.2, 0) is 6.18 Å². The van der Waals surface area contributed by atoms with Crippen molar-refractivity contribution in [2.45, 2.75) is 25.4 Å². The number of ether oxygens (including phenoxy) is 1. The summed E-state index contributed by atoms with van der Waals surface area (Å²) in [6.45, 7) is 0.649. The number of hydrogen-bond acceptors (Lipinski definition) is 2. The molecule has 0 fully saturated rings. The lowest BCUT2D eigenvalue weighted by Crippen LogP contribution is -2.31. The van der Waals surface area contributed by atoms with E-state index >= 15 is 0 Å². The quantitative estimate of drug-likeness (QED) is 0.605. The molecule has 1 atom stereocenters. The second kappa shape index (κ2) is 4.83. The van der Waals surface area contributed by atoms with Gasteiger partial charge in [0.1, 0.15) is 5.15 Å². The highest BCUT2D eigenvalue weighted by Crippen LogP contribution is 2.33. The normalized spacial score (nSPS) is 14.4. The minimum Gasteiger partial charge on any atom is -0.465 e. The van der Waals surface area contributed by atoms with E-state index in [0.29, 0.717) is 19.1 Å². The van der Waals surface area contributed by atoms with Crippen LogP contribution in [0, 0.1) is 0 Å². The number of rotatable bonds is 2. The second-order valence-corrected chi connectivity index (χ2v) is 3.70. The van der Waals surface area contributed by atoms with Crippen molar-refractivity contribution in [1.82, 2.24) is 4.98 Å². The third kappa shape index (κ3) is 3.94. The fourth-order valence-electron chi connectivity index (χ4n) is 0.945. The van der Waals surface area contributed by atoms with Gasteiger partial charge in [0.15, 0.2) is 6.10 Å². The number of hydrogen-bond donors (Lipinski definition) is 0. The number of alkyl halides is 6. The molecule has 0 bridgehead atoms. The van der Waals surface area contributed by atoms with Crippen molar-refractivity contribution >= 4 is 11.6 Å². The van der Waals surface area contributed by atoms with Gasteiger partial charge in [-0.15, -0.1) is 0 Å². The van der Waals surface area contributed by atoms with Gasteiger partial charge in [0.05, 0.1) is 5.56 Å². The molecule has 2 nitrogen and oxygen atoms in total. The fraction of sp³-hybridized carbons (Fsp3) is 0.444. The zero-order valence-corrected chi connectivity index (χ0v) is 9.49. The summed E-state index contributed by atoms with van der Waals surface area (Å²) in [5.41, 5.74) is -1.23. The van der Waals surface area contributed by atoms with Crippen LogP contribution in [0.25, 0.3) is 0 Å². The molecule has 0 aromatic carbocycles. The van der Waals surface area contributed by atoms with Gasteiger partial charge in [0.2, 0.25) is 5.88 Å². The lowest BCUT2D eigenvalue weighted by atomic mass is 10.2. The Morgan fingerprint density at radius 1 is 1.17 bits per heavy atom. The van der Waals surface area contributed by atoms with Crippen LogP contribution < -0.4 is 4.74 Å². The number of halogens is 7. The Labute approximate surface area is 103 Å². The summed E-state index contributed by atoms with van der Waals surface area (Å²) in [6, 6.07) is 0.848. The molecular weight excluding hydrogens is 288 g/mol. The molecule has 102 valence electrons. The van der Waals surface area contributed by atoms with Gasteiger partial charge in [-0.1, -0.05) is 11.6 Å². The SMILES string of the molecule is CC(Oc1cc(C(F)(F)F)cc(Cl)n1)C(F)(F)F. The number of nitrogens with zero attached hydrogens (tertiary/aromatic N) is 1. The van der Waals surface area contributed by atoms with E-state index in [4.69, 9.17) is 11.6 Å². The van der Waals surface area contributed by atoms with E-state index in [2.05, 4.69) is 9.72 Å². The molecule has 0 aliphatic carbocycles. The van der Waals surface area contributed by atoms with Gasteiger partial charge in [-0.3, -0.25) is 0 Å². The van der Waals surface area contributed by atoms with E-state index in [1.165, 1.54) is 0 Å². The molecule has 1 aromatic rings. The standard InChI is InChI=1S/C9H6ClF6NO/c1-4(8(11,12)13)18-7-3-5(9(14,15)16)2-6(10)17-7/h2-4H,1H3. The van der Waals surface area contributed by atoms with Gasteiger partial charge in [-0.05, 0) is 13.0 Å². The molecule has 0 radical (unpaired) electrons. The second-order valence-electron chi connectivity index (χ2n) is 3.32. The van der Waals surface area contributed by atoms with Gasteiger partial charge in [0, 0.05) is 6.07 Å². The highest BCUT2D eigenvalue weighted by molar-refractivity contribution is 6.29. The lowest BCUT2D eigenvalue weighted by molar-refractivity contribution is -0.190. The third-order valence-electron chi connectivity index (χ3n) is 1.86. The van der Waals surface area contributed by atoms with E-state index in [1.54, 1.807) is 0 Å².